The van der Waals surface area contributed by atoms with Crippen molar-refractivity contribution in [3.05, 3.63) is 47.6 Å². The van der Waals surface area contributed by atoms with E-state index in [-0.39, 0.29) is 11.3 Å². The normalized spacial score (nSPS) is 19.8. The Kier molecular flexibility index (Phi) is 3.81. The molecule has 0 amide bonds. The van der Waals surface area contributed by atoms with Crippen LogP contribution in [-0.4, -0.2) is 21.4 Å². The highest BCUT2D eigenvalue weighted by Crippen LogP contribution is 2.47. The van der Waals surface area contributed by atoms with Crippen LogP contribution in [0, 0.1) is 0 Å². The monoisotopic (exact) mass is 286 g/mol. The van der Waals surface area contributed by atoms with Crippen LogP contribution in [0.2, 0.25) is 0 Å². The minimum atomic E-state index is -0.438. The topological polar surface area (TPSA) is 59.2 Å². The summed E-state index contributed by atoms with van der Waals surface area (Å²) in [6.45, 7) is 3.89. The molecule has 1 aliphatic carbocycles. The van der Waals surface area contributed by atoms with Crippen molar-refractivity contribution in [3.63, 3.8) is 0 Å². The Bertz CT molecular complexity index is 590. The maximum atomic E-state index is 9.95. The number of nitrogens with zero attached hydrogens (tertiary/aromatic N) is 2. The van der Waals surface area contributed by atoms with Crippen LogP contribution in [0.25, 0.3) is 0 Å². The Labute approximate surface area is 125 Å². The predicted octanol–water partition coefficient (Wildman–Crippen LogP) is 3.41. The van der Waals surface area contributed by atoms with Gasteiger partial charge >= 0.3 is 0 Å². The molecule has 0 bridgehead atoms. The second kappa shape index (κ2) is 5.60. The maximum absolute atomic E-state index is 9.95. The van der Waals surface area contributed by atoms with Crippen LogP contribution < -0.4 is 0 Å². The number of aliphatic hydroxyl groups is 1. The van der Waals surface area contributed by atoms with Crippen LogP contribution in [0.3, 0.4) is 0 Å². The third kappa shape index (κ3) is 2.38. The minimum Gasteiger partial charge on any atom is -0.392 e. The molecule has 0 aliphatic heterocycles. The van der Waals surface area contributed by atoms with Gasteiger partial charge in [-0.05, 0) is 24.8 Å². The molecule has 1 saturated carbocycles. The molecule has 112 valence electrons. The largest absolute Gasteiger partial charge is 0.392 e. The summed E-state index contributed by atoms with van der Waals surface area (Å²) in [6, 6.07) is 10.4. The lowest BCUT2D eigenvalue weighted by molar-refractivity contribution is 0.129. The maximum Gasteiger partial charge on any atom is 0.232 e. The zero-order valence-electron chi connectivity index (χ0n) is 12.6. The van der Waals surface area contributed by atoms with Crippen molar-refractivity contribution in [1.29, 1.82) is 0 Å². The van der Waals surface area contributed by atoms with E-state index in [1.54, 1.807) is 0 Å². The second-order valence-corrected chi connectivity index (χ2v) is 6.02. The summed E-state index contributed by atoms with van der Waals surface area (Å²) in [7, 11) is 0. The summed E-state index contributed by atoms with van der Waals surface area (Å²) < 4.78 is 5.43. The molecule has 21 heavy (non-hydrogen) atoms. The van der Waals surface area contributed by atoms with E-state index < -0.39 is 6.10 Å². The van der Waals surface area contributed by atoms with Crippen molar-refractivity contribution >= 4 is 0 Å². The minimum absolute atomic E-state index is 0.0973. The van der Waals surface area contributed by atoms with Crippen LogP contribution in [-0.2, 0) is 5.41 Å². The van der Waals surface area contributed by atoms with Gasteiger partial charge in [-0.3, -0.25) is 0 Å². The van der Waals surface area contributed by atoms with E-state index in [0.29, 0.717) is 12.3 Å². The number of hydrogen-bond acceptors (Lipinski definition) is 4. The third-order valence-corrected chi connectivity index (χ3v) is 4.79. The van der Waals surface area contributed by atoms with Crippen LogP contribution in [0.5, 0.6) is 0 Å². The molecule has 3 rings (SSSR count). The van der Waals surface area contributed by atoms with Crippen LogP contribution in [0.1, 0.15) is 62.7 Å². The van der Waals surface area contributed by atoms with E-state index in [1.807, 2.05) is 19.9 Å². The first kappa shape index (κ1) is 14.3. The molecule has 0 spiro atoms. The average molecular weight is 286 g/mol. The smallest absolute Gasteiger partial charge is 0.232 e. The molecule has 1 heterocycles. The first-order chi connectivity index (χ1) is 10.2. The van der Waals surface area contributed by atoms with Crippen LogP contribution >= 0.6 is 0 Å². The molecule has 2 atom stereocenters. The molecule has 4 heteroatoms. The summed E-state index contributed by atoms with van der Waals surface area (Å²) in [5.41, 5.74) is 1.16. The highest BCUT2D eigenvalue weighted by atomic mass is 16.5. The Morgan fingerprint density at radius 2 is 2.00 bits per heavy atom. The number of rotatable bonds is 5. The van der Waals surface area contributed by atoms with Gasteiger partial charge in [0.2, 0.25) is 5.89 Å². The number of hydrogen-bond donors (Lipinski definition) is 1. The fraction of sp³-hybridized carbons (Fsp3) is 0.529. The summed E-state index contributed by atoms with van der Waals surface area (Å²) >= 11 is 0. The molecule has 4 nitrogen and oxygen atoms in total. The molecule has 0 saturated heterocycles. The van der Waals surface area contributed by atoms with Gasteiger partial charge in [0.15, 0.2) is 5.82 Å². The lowest BCUT2D eigenvalue weighted by atomic mass is 9.64. The van der Waals surface area contributed by atoms with Gasteiger partial charge in [0.05, 0.1) is 17.4 Å². The van der Waals surface area contributed by atoms with Gasteiger partial charge in [0.25, 0.3) is 0 Å². The SMILES string of the molecule is CCC(O)C(C)c1nc(C2(c3ccccc3)CCC2)no1. The predicted molar refractivity (Wildman–Crippen MR) is 80.1 cm³/mol. The first-order valence-electron chi connectivity index (χ1n) is 7.75. The van der Waals surface area contributed by atoms with Crippen molar-refractivity contribution in [1.82, 2.24) is 10.1 Å². The van der Waals surface area contributed by atoms with Gasteiger partial charge in [0.1, 0.15) is 0 Å². The van der Waals surface area contributed by atoms with E-state index in [4.69, 9.17) is 4.52 Å². The number of aliphatic hydroxyl groups excluding tert-OH is 1. The zero-order valence-corrected chi connectivity index (χ0v) is 12.6. The highest BCUT2D eigenvalue weighted by Gasteiger charge is 2.44. The Morgan fingerprint density at radius 1 is 1.29 bits per heavy atom. The van der Waals surface area contributed by atoms with E-state index in [9.17, 15) is 5.11 Å². The second-order valence-electron chi connectivity index (χ2n) is 6.02. The Morgan fingerprint density at radius 3 is 2.57 bits per heavy atom. The van der Waals surface area contributed by atoms with E-state index >= 15 is 0 Å². The van der Waals surface area contributed by atoms with Crippen molar-refractivity contribution in [2.75, 3.05) is 0 Å². The van der Waals surface area contributed by atoms with Gasteiger partial charge < -0.3 is 9.63 Å². The van der Waals surface area contributed by atoms with Gasteiger partial charge in [-0.25, -0.2) is 0 Å². The zero-order chi connectivity index (χ0) is 14.9. The summed E-state index contributed by atoms with van der Waals surface area (Å²) in [4.78, 5) is 4.61. The van der Waals surface area contributed by atoms with E-state index in [1.165, 1.54) is 12.0 Å². The Hall–Kier alpha value is -1.68. The fourth-order valence-corrected chi connectivity index (χ4v) is 3.06. The number of aromatic nitrogens is 2. The summed E-state index contributed by atoms with van der Waals surface area (Å²) in [5.74, 6) is 1.19. The van der Waals surface area contributed by atoms with Crippen molar-refractivity contribution in [2.24, 2.45) is 0 Å². The van der Waals surface area contributed by atoms with Crippen LogP contribution in [0.15, 0.2) is 34.9 Å². The molecule has 1 aromatic carbocycles. The molecule has 0 radical (unpaired) electrons. The molecule has 1 aromatic heterocycles. The van der Waals surface area contributed by atoms with Crippen molar-refractivity contribution < 1.29 is 9.63 Å². The molecule has 1 N–H and O–H groups in total. The third-order valence-electron chi connectivity index (χ3n) is 4.79. The van der Waals surface area contributed by atoms with Gasteiger partial charge in [-0.2, -0.15) is 4.98 Å². The lowest BCUT2D eigenvalue weighted by Crippen LogP contribution is -2.36. The molecule has 2 unspecified atom stereocenters. The highest BCUT2D eigenvalue weighted by molar-refractivity contribution is 5.35. The molecular formula is C17H22N2O2. The van der Waals surface area contributed by atoms with E-state index in [0.717, 1.165) is 18.7 Å². The van der Waals surface area contributed by atoms with E-state index in [2.05, 4.69) is 34.4 Å². The first-order valence-corrected chi connectivity index (χ1v) is 7.75. The van der Waals surface area contributed by atoms with Crippen molar-refractivity contribution in [3.8, 4) is 0 Å². The molecule has 1 aliphatic rings. The van der Waals surface area contributed by atoms with Gasteiger partial charge in [-0.1, -0.05) is 55.8 Å². The van der Waals surface area contributed by atoms with Crippen molar-refractivity contribution in [2.45, 2.75) is 57.0 Å². The number of benzene rings is 1. The fourth-order valence-electron chi connectivity index (χ4n) is 3.06. The van der Waals surface area contributed by atoms with Crippen LogP contribution in [0.4, 0.5) is 0 Å². The van der Waals surface area contributed by atoms with Gasteiger partial charge in [0, 0.05) is 0 Å². The summed E-state index contributed by atoms with van der Waals surface area (Å²) in [6.07, 6.45) is 3.54. The summed E-state index contributed by atoms with van der Waals surface area (Å²) in [5, 5.41) is 14.2. The van der Waals surface area contributed by atoms with Gasteiger partial charge in [-0.15, -0.1) is 0 Å². The Balaban J connectivity index is 1.91. The lowest BCUT2D eigenvalue weighted by Gasteiger charge is -2.39. The quantitative estimate of drug-likeness (QED) is 0.915. The molecule has 2 aromatic rings. The molecular weight excluding hydrogens is 264 g/mol. The molecule has 1 fully saturated rings. The standard InChI is InChI=1S/C17H22N2O2/c1-3-14(20)12(2)15-18-16(19-21-15)17(10-7-11-17)13-8-5-4-6-9-13/h4-6,8-9,12,14,20H,3,7,10-11H2,1-2H3. The average Bonchev–Trinajstić information content (AvgIpc) is 2.95.